The monoisotopic (exact) mass is 255 g/mol. The molecule has 1 aliphatic rings. The number of hydrogen-bond donors (Lipinski definition) is 2. The summed E-state index contributed by atoms with van der Waals surface area (Å²) in [6, 6.07) is 1.71. The van der Waals surface area contributed by atoms with E-state index in [4.69, 9.17) is 22.1 Å². The molecule has 0 amide bonds. The maximum atomic E-state index is 5.84. The summed E-state index contributed by atoms with van der Waals surface area (Å²) in [6.45, 7) is 1.71. The number of aromatic nitrogens is 1. The zero-order valence-corrected chi connectivity index (χ0v) is 10.8. The van der Waals surface area contributed by atoms with Crippen LogP contribution in [-0.2, 0) is 4.74 Å². The number of nitrogen functional groups attached to an aromatic ring is 1. The topological polar surface area (TPSA) is 60.2 Å². The molecule has 0 aromatic carbocycles. The van der Waals surface area contributed by atoms with Gasteiger partial charge in [0.15, 0.2) is 0 Å². The zero-order valence-electron chi connectivity index (χ0n) is 10.0. The summed E-state index contributed by atoms with van der Waals surface area (Å²) in [4.78, 5) is 4.19. The third kappa shape index (κ3) is 3.23. The zero-order chi connectivity index (χ0) is 12.3. The smallest absolute Gasteiger partial charge is 0.149 e. The largest absolute Gasteiger partial charge is 0.396 e. The number of anilines is 2. The molecule has 94 valence electrons. The molecule has 1 saturated carbocycles. The fraction of sp³-hybridized carbons (Fsp3) is 0.583. The molecule has 5 heteroatoms. The third-order valence-electron chi connectivity index (χ3n) is 3.31. The first-order valence-corrected chi connectivity index (χ1v) is 6.17. The van der Waals surface area contributed by atoms with Crippen molar-refractivity contribution in [3.8, 4) is 0 Å². The molecule has 1 aliphatic carbocycles. The molecule has 2 rings (SSSR count). The molecule has 0 radical (unpaired) electrons. The van der Waals surface area contributed by atoms with Gasteiger partial charge in [0.05, 0.1) is 10.7 Å². The Morgan fingerprint density at radius 3 is 2.94 bits per heavy atom. The third-order valence-corrected chi connectivity index (χ3v) is 3.51. The molecule has 0 spiro atoms. The minimum Gasteiger partial charge on any atom is -0.396 e. The second-order valence-corrected chi connectivity index (χ2v) is 5.12. The first-order chi connectivity index (χ1) is 8.15. The summed E-state index contributed by atoms with van der Waals surface area (Å²) in [7, 11) is 1.74. The highest BCUT2D eigenvalue weighted by atomic mass is 35.5. The van der Waals surface area contributed by atoms with E-state index in [0.29, 0.717) is 16.1 Å². The van der Waals surface area contributed by atoms with Gasteiger partial charge in [0.1, 0.15) is 5.82 Å². The van der Waals surface area contributed by atoms with Gasteiger partial charge in [-0.3, -0.25) is 0 Å². The van der Waals surface area contributed by atoms with Crippen molar-refractivity contribution in [3.63, 3.8) is 0 Å². The van der Waals surface area contributed by atoms with Crippen LogP contribution >= 0.6 is 11.6 Å². The number of methoxy groups -OCH3 is 1. The van der Waals surface area contributed by atoms with Crippen molar-refractivity contribution >= 4 is 23.1 Å². The van der Waals surface area contributed by atoms with Crippen LogP contribution < -0.4 is 11.1 Å². The quantitative estimate of drug-likeness (QED) is 0.820. The van der Waals surface area contributed by atoms with Crippen LogP contribution in [0.1, 0.15) is 19.3 Å². The van der Waals surface area contributed by atoms with Crippen molar-refractivity contribution in [2.45, 2.75) is 19.3 Å². The van der Waals surface area contributed by atoms with Gasteiger partial charge in [-0.2, -0.15) is 0 Å². The van der Waals surface area contributed by atoms with Crippen molar-refractivity contribution < 1.29 is 4.74 Å². The van der Waals surface area contributed by atoms with E-state index in [2.05, 4.69) is 10.3 Å². The molecular weight excluding hydrogens is 238 g/mol. The second kappa shape index (κ2) is 5.10. The molecule has 0 unspecified atom stereocenters. The number of rotatable bonds is 6. The van der Waals surface area contributed by atoms with Gasteiger partial charge in [-0.25, -0.2) is 4.98 Å². The molecule has 0 bridgehead atoms. The van der Waals surface area contributed by atoms with E-state index in [9.17, 15) is 0 Å². The summed E-state index contributed by atoms with van der Waals surface area (Å²) < 4.78 is 5.12. The van der Waals surface area contributed by atoms with Crippen LogP contribution in [0.4, 0.5) is 11.5 Å². The molecule has 4 nitrogen and oxygen atoms in total. The van der Waals surface area contributed by atoms with Crippen LogP contribution in [-0.4, -0.2) is 25.2 Å². The lowest BCUT2D eigenvalue weighted by Gasteiger charge is -2.16. The normalized spacial score (nSPS) is 16.8. The highest BCUT2D eigenvalue weighted by Gasteiger charge is 2.41. The standard InChI is InChI=1S/C12H18ClN3O/c1-17-5-4-12(2-3-12)8-16-11-10(14)6-9(13)7-15-11/h6-7H,2-5,8,14H2,1H3,(H,15,16). The second-order valence-electron chi connectivity index (χ2n) is 4.69. The molecule has 1 heterocycles. The van der Waals surface area contributed by atoms with Crippen LogP contribution in [0.5, 0.6) is 0 Å². The van der Waals surface area contributed by atoms with Gasteiger partial charge in [0.25, 0.3) is 0 Å². The van der Waals surface area contributed by atoms with Crippen LogP contribution in [0.2, 0.25) is 5.02 Å². The molecular formula is C12H18ClN3O. The average Bonchev–Trinajstić information content (AvgIpc) is 3.06. The van der Waals surface area contributed by atoms with Crippen molar-refractivity contribution in [1.29, 1.82) is 0 Å². The van der Waals surface area contributed by atoms with Gasteiger partial charge >= 0.3 is 0 Å². The van der Waals surface area contributed by atoms with Gasteiger partial charge in [-0.05, 0) is 30.7 Å². The lowest BCUT2D eigenvalue weighted by atomic mass is 10.0. The summed E-state index contributed by atoms with van der Waals surface area (Å²) in [5.74, 6) is 0.720. The first-order valence-electron chi connectivity index (χ1n) is 5.79. The van der Waals surface area contributed by atoms with Crippen LogP contribution in [0.25, 0.3) is 0 Å². The lowest BCUT2D eigenvalue weighted by molar-refractivity contribution is 0.175. The predicted molar refractivity (Wildman–Crippen MR) is 70.3 cm³/mol. The maximum absolute atomic E-state index is 5.84. The summed E-state index contributed by atoms with van der Waals surface area (Å²) in [5.41, 5.74) is 6.81. The Morgan fingerprint density at radius 1 is 1.59 bits per heavy atom. The van der Waals surface area contributed by atoms with Crippen molar-refractivity contribution in [2.75, 3.05) is 31.3 Å². The van der Waals surface area contributed by atoms with Gasteiger partial charge < -0.3 is 15.8 Å². The van der Waals surface area contributed by atoms with Gasteiger partial charge in [-0.15, -0.1) is 0 Å². The Bertz CT molecular complexity index is 393. The van der Waals surface area contributed by atoms with E-state index >= 15 is 0 Å². The van der Waals surface area contributed by atoms with Crippen molar-refractivity contribution in [3.05, 3.63) is 17.3 Å². The fourth-order valence-electron chi connectivity index (χ4n) is 1.88. The molecule has 17 heavy (non-hydrogen) atoms. The number of ether oxygens (including phenoxy) is 1. The van der Waals surface area contributed by atoms with Crippen molar-refractivity contribution in [1.82, 2.24) is 4.98 Å². The number of hydrogen-bond acceptors (Lipinski definition) is 4. The molecule has 0 atom stereocenters. The van der Waals surface area contributed by atoms with Gasteiger partial charge in [0.2, 0.25) is 0 Å². The predicted octanol–water partition coefficient (Wildman–Crippen LogP) is 2.55. The highest BCUT2D eigenvalue weighted by molar-refractivity contribution is 6.30. The van der Waals surface area contributed by atoms with Crippen LogP contribution in [0.15, 0.2) is 12.3 Å². The Labute approximate surface area is 107 Å². The van der Waals surface area contributed by atoms with E-state index in [1.54, 1.807) is 19.4 Å². The first kappa shape index (κ1) is 12.5. The Hall–Kier alpha value is -1.00. The SMILES string of the molecule is COCCC1(CNc2ncc(Cl)cc2N)CC1. The highest BCUT2D eigenvalue weighted by Crippen LogP contribution is 2.48. The molecule has 1 aromatic heterocycles. The molecule has 1 fully saturated rings. The van der Waals surface area contributed by atoms with E-state index in [0.717, 1.165) is 25.4 Å². The van der Waals surface area contributed by atoms with E-state index in [1.807, 2.05) is 0 Å². The average molecular weight is 256 g/mol. The summed E-state index contributed by atoms with van der Waals surface area (Å²) >= 11 is 5.80. The molecule has 0 saturated heterocycles. The van der Waals surface area contributed by atoms with Crippen molar-refractivity contribution in [2.24, 2.45) is 5.41 Å². The van der Waals surface area contributed by atoms with Gasteiger partial charge in [-0.1, -0.05) is 11.6 Å². The van der Waals surface area contributed by atoms with Crippen LogP contribution in [0, 0.1) is 5.41 Å². The number of nitrogens with two attached hydrogens (primary N) is 1. The van der Waals surface area contributed by atoms with Gasteiger partial charge in [0, 0.05) is 26.5 Å². The number of nitrogens with zero attached hydrogens (tertiary/aromatic N) is 1. The van der Waals surface area contributed by atoms with E-state index < -0.39 is 0 Å². The minimum absolute atomic E-state index is 0.379. The molecule has 3 N–H and O–H groups in total. The number of halogens is 1. The maximum Gasteiger partial charge on any atom is 0.149 e. The molecule has 0 aliphatic heterocycles. The number of nitrogens with one attached hydrogen (secondary N) is 1. The minimum atomic E-state index is 0.379. The van der Waals surface area contributed by atoms with Crippen LogP contribution in [0.3, 0.4) is 0 Å². The van der Waals surface area contributed by atoms with E-state index in [1.165, 1.54) is 12.8 Å². The fourth-order valence-corrected chi connectivity index (χ4v) is 2.05. The molecule has 1 aromatic rings. The summed E-state index contributed by atoms with van der Waals surface area (Å²) in [5, 5.41) is 3.87. The Kier molecular flexibility index (Phi) is 3.74. The summed E-state index contributed by atoms with van der Waals surface area (Å²) in [6.07, 6.45) is 5.19. The lowest BCUT2D eigenvalue weighted by Crippen LogP contribution is -2.18. The Balaban J connectivity index is 1.89. The number of pyridine rings is 1. The van der Waals surface area contributed by atoms with E-state index in [-0.39, 0.29) is 0 Å². The Morgan fingerprint density at radius 2 is 2.35 bits per heavy atom.